The van der Waals surface area contributed by atoms with E-state index in [9.17, 15) is 0 Å². The van der Waals surface area contributed by atoms with Crippen LogP contribution in [0, 0.1) is 0 Å². The van der Waals surface area contributed by atoms with E-state index in [1.165, 1.54) is 21.2 Å². The molecule has 0 saturated heterocycles. The number of rotatable bonds is 1. The molecule has 0 radical (unpaired) electrons. The van der Waals surface area contributed by atoms with Gasteiger partial charge in [0.05, 0.1) is 0 Å². The Morgan fingerprint density at radius 2 is 1.69 bits per heavy atom. The molecule has 1 nitrogen and oxygen atoms in total. The topological polar surface area (TPSA) is 26.0 Å². The minimum Gasteiger partial charge on any atom is -0.398 e. The zero-order chi connectivity index (χ0) is 11.0. The molecule has 0 atom stereocenters. The molecule has 0 unspecified atom stereocenters. The standard InChI is InChI=1S/C14H11NS/c15-12-7-4-8-13-14(12)11(9-16-13)10-5-2-1-3-6-10/h1-9H,15H2. The minimum absolute atomic E-state index is 0.859. The Bertz CT molecular complexity index is 626. The lowest BCUT2D eigenvalue weighted by atomic mass is 10.0. The van der Waals surface area contributed by atoms with Crippen molar-refractivity contribution in [3.05, 3.63) is 53.9 Å². The highest BCUT2D eigenvalue weighted by Gasteiger charge is 2.07. The summed E-state index contributed by atoms with van der Waals surface area (Å²) >= 11 is 1.74. The lowest BCUT2D eigenvalue weighted by molar-refractivity contribution is 1.68. The van der Waals surface area contributed by atoms with Crippen LogP contribution < -0.4 is 5.73 Å². The van der Waals surface area contributed by atoms with Gasteiger partial charge in [-0.3, -0.25) is 0 Å². The third kappa shape index (κ3) is 1.39. The predicted molar refractivity (Wildman–Crippen MR) is 71.7 cm³/mol. The van der Waals surface area contributed by atoms with Crippen molar-refractivity contribution in [2.75, 3.05) is 5.73 Å². The highest BCUT2D eigenvalue weighted by atomic mass is 32.1. The number of nitrogens with two attached hydrogens (primary N) is 1. The Labute approximate surface area is 98.2 Å². The Balaban J connectivity index is 2.33. The largest absolute Gasteiger partial charge is 0.398 e. The third-order valence-electron chi connectivity index (χ3n) is 2.72. The highest BCUT2D eigenvalue weighted by Crippen LogP contribution is 2.37. The monoisotopic (exact) mass is 225 g/mol. The first-order chi connectivity index (χ1) is 7.86. The summed E-state index contributed by atoms with van der Waals surface area (Å²) in [6.45, 7) is 0. The van der Waals surface area contributed by atoms with Crippen molar-refractivity contribution in [3.8, 4) is 11.1 Å². The second-order valence-electron chi connectivity index (χ2n) is 3.74. The van der Waals surface area contributed by atoms with Gasteiger partial charge < -0.3 is 5.73 Å². The summed E-state index contributed by atoms with van der Waals surface area (Å²) in [7, 11) is 0. The van der Waals surface area contributed by atoms with Crippen LogP contribution in [-0.2, 0) is 0 Å². The number of fused-ring (bicyclic) bond motifs is 1. The Kier molecular flexibility index (Phi) is 2.15. The molecule has 0 aliphatic rings. The van der Waals surface area contributed by atoms with Gasteiger partial charge in [-0.2, -0.15) is 0 Å². The van der Waals surface area contributed by atoms with Crippen LogP contribution in [0.2, 0.25) is 0 Å². The van der Waals surface area contributed by atoms with E-state index in [4.69, 9.17) is 5.73 Å². The smallest absolute Gasteiger partial charge is 0.0408 e. The van der Waals surface area contributed by atoms with E-state index >= 15 is 0 Å². The van der Waals surface area contributed by atoms with Gasteiger partial charge in [0.1, 0.15) is 0 Å². The predicted octanol–water partition coefficient (Wildman–Crippen LogP) is 4.15. The van der Waals surface area contributed by atoms with E-state index in [2.05, 4.69) is 35.7 Å². The van der Waals surface area contributed by atoms with Crippen LogP contribution in [0.5, 0.6) is 0 Å². The normalized spacial score (nSPS) is 10.8. The molecule has 0 fully saturated rings. The van der Waals surface area contributed by atoms with Crippen molar-refractivity contribution in [2.45, 2.75) is 0 Å². The first kappa shape index (κ1) is 9.43. The molecule has 0 spiro atoms. The van der Waals surface area contributed by atoms with Crippen LogP contribution in [-0.4, -0.2) is 0 Å². The van der Waals surface area contributed by atoms with Gasteiger partial charge in [0.2, 0.25) is 0 Å². The van der Waals surface area contributed by atoms with Crippen molar-refractivity contribution in [1.29, 1.82) is 0 Å². The van der Waals surface area contributed by atoms with E-state index in [1.54, 1.807) is 11.3 Å². The second-order valence-corrected chi connectivity index (χ2v) is 4.65. The van der Waals surface area contributed by atoms with Crippen molar-refractivity contribution in [1.82, 2.24) is 0 Å². The van der Waals surface area contributed by atoms with Gasteiger partial charge in [0.25, 0.3) is 0 Å². The highest BCUT2D eigenvalue weighted by molar-refractivity contribution is 7.17. The Morgan fingerprint density at radius 3 is 2.50 bits per heavy atom. The Morgan fingerprint density at radius 1 is 0.875 bits per heavy atom. The molecule has 0 aliphatic heterocycles. The van der Waals surface area contributed by atoms with Crippen molar-refractivity contribution in [3.63, 3.8) is 0 Å². The summed E-state index contributed by atoms with van der Waals surface area (Å²) in [5, 5.41) is 3.36. The number of hydrogen-bond donors (Lipinski definition) is 1. The van der Waals surface area contributed by atoms with Crippen LogP contribution in [0.25, 0.3) is 21.2 Å². The number of anilines is 1. The van der Waals surface area contributed by atoms with Crippen molar-refractivity contribution in [2.24, 2.45) is 0 Å². The van der Waals surface area contributed by atoms with Gasteiger partial charge in [-0.05, 0) is 23.1 Å². The molecule has 3 rings (SSSR count). The number of hydrogen-bond acceptors (Lipinski definition) is 2. The van der Waals surface area contributed by atoms with Gasteiger partial charge >= 0.3 is 0 Å². The van der Waals surface area contributed by atoms with Gasteiger partial charge in [-0.25, -0.2) is 0 Å². The van der Waals surface area contributed by atoms with Gasteiger partial charge in [-0.1, -0.05) is 36.4 Å². The molecule has 0 amide bonds. The summed E-state index contributed by atoms with van der Waals surface area (Å²) < 4.78 is 1.25. The van der Waals surface area contributed by atoms with Crippen LogP contribution in [0.15, 0.2) is 53.9 Å². The van der Waals surface area contributed by atoms with Crippen LogP contribution in [0.4, 0.5) is 5.69 Å². The molecule has 1 aromatic heterocycles. The molecular weight excluding hydrogens is 214 g/mol. The summed E-state index contributed by atoms with van der Waals surface area (Å²) in [6, 6.07) is 16.5. The number of thiophene rings is 1. The van der Waals surface area contributed by atoms with E-state index in [0.29, 0.717) is 0 Å². The van der Waals surface area contributed by atoms with Crippen LogP contribution >= 0.6 is 11.3 Å². The zero-order valence-electron chi connectivity index (χ0n) is 8.68. The molecular formula is C14H11NS. The number of benzene rings is 2. The number of nitrogen functional groups attached to an aromatic ring is 1. The molecule has 16 heavy (non-hydrogen) atoms. The first-order valence-corrected chi connectivity index (χ1v) is 6.05. The van der Waals surface area contributed by atoms with Crippen molar-refractivity contribution >= 4 is 27.1 Å². The third-order valence-corrected chi connectivity index (χ3v) is 3.66. The average Bonchev–Trinajstić information content (AvgIpc) is 2.75. The molecule has 2 N–H and O–H groups in total. The molecule has 0 aliphatic carbocycles. The second kappa shape index (κ2) is 3.65. The lowest BCUT2D eigenvalue weighted by Gasteiger charge is -2.01. The van der Waals surface area contributed by atoms with Crippen LogP contribution in [0.3, 0.4) is 0 Å². The Hall–Kier alpha value is -1.80. The average molecular weight is 225 g/mol. The summed E-state index contributed by atoms with van der Waals surface area (Å²) in [5.41, 5.74) is 9.37. The quantitative estimate of drug-likeness (QED) is 0.618. The first-order valence-electron chi connectivity index (χ1n) is 5.17. The van der Waals surface area contributed by atoms with E-state index in [0.717, 1.165) is 5.69 Å². The molecule has 0 saturated carbocycles. The van der Waals surface area contributed by atoms with Crippen molar-refractivity contribution < 1.29 is 0 Å². The van der Waals surface area contributed by atoms with Gasteiger partial charge in [0.15, 0.2) is 0 Å². The van der Waals surface area contributed by atoms with E-state index < -0.39 is 0 Å². The summed E-state index contributed by atoms with van der Waals surface area (Å²) in [5.74, 6) is 0. The van der Waals surface area contributed by atoms with Crippen LogP contribution in [0.1, 0.15) is 0 Å². The van der Waals surface area contributed by atoms with E-state index in [-0.39, 0.29) is 0 Å². The lowest BCUT2D eigenvalue weighted by Crippen LogP contribution is -1.85. The maximum atomic E-state index is 6.05. The maximum absolute atomic E-state index is 6.05. The fourth-order valence-electron chi connectivity index (χ4n) is 1.95. The van der Waals surface area contributed by atoms with Gasteiger partial charge in [0, 0.05) is 21.3 Å². The molecule has 0 bridgehead atoms. The molecule has 2 aromatic carbocycles. The fraction of sp³-hybridized carbons (Fsp3) is 0. The molecule has 3 aromatic rings. The summed E-state index contributed by atoms with van der Waals surface area (Å²) in [6.07, 6.45) is 0. The molecule has 1 heterocycles. The maximum Gasteiger partial charge on any atom is 0.0408 e. The zero-order valence-corrected chi connectivity index (χ0v) is 9.50. The van der Waals surface area contributed by atoms with E-state index in [1.807, 2.05) is 18.2 Å². The van der Waals surface area contributed by atoms with Gasteiger partial charge in [-0.15, -0.1) is 11.3 Å². The SMILES string of the molecule is Nc1cccc2scc(-c3ccccc3)c12. The molecule has 78 valence electrons. The summed E-state index contributed by atoms with van der Waals surface area (Å²) in [4.78, 5) is 0. The minimum atomic E-state index is 0.859. The fourth-order valence-corrected chi connectivity index (χ4v) is 2.95. The molecule has 2 heteroatoms.